The van der Waals surface area contributed by atoms with Gasteiger partial charge in [-0.05, 0) is 55.0 Å². The number of fused-ring (bicyclic) bond motifs is 1. The Bertz CT molecular complexity index is 1070. The maximum absolute atomic E-state index is 13.8. The molecule has 148 valence electrons. The molecule has 2 aromatic carbocycles. The Kier molecular flexibility index (Phi) is 5.27. The molecule has 1 unspecified atom stereocenters. The van der Waals surface area contributed by atoms with Gasteiger partial charge in [0.2, 0.25) is 0 Å². The van der Waals surface area contributed by atoms with Gasteiger partial charge in [-0.15, -0.1) is 0 Å². The maximum Gasteiger partial charge on any atom is 0.125 e. The van der Waals surface area contributed by atoms with Crippen LogP contribution in [-0.4, -0.2) is 33.0 Å². The molecule has 0 bridgehead atoms. The van der Waals surface area contributed by atoms with Crippen LogP contribution in [0.5, 0.6) is 0 Å². The third-order valence-corrected chi connectivity index (χ3v) is 4.95. The molecular formula is C23H21F2N3O. The highest BCUT2D eigenvalue weighted by Crippen LogP contribution is 2.30. The zero-order valence-electron chi connectivity index (χ0n) is 16.0. The summed E-state index contributed by atoms with van der Waals surface area (Å²) in [5.74, 6) is -0.742. The molecular weight excluding hydrogens is 372 g/mol. The van der Waals surface area contributed by atoms with E-state index < -0.39 is 11.9 Å². The molecule has 1 aliphatic rings. The number of hydrogen-bond acceptors (Lipinski definition) is 4. The Labute approximate surface area is 168 Å². The van der Waals surface area contributed by atoms with Crippen LogP contribution in [0.1, 0.15) is 18.6 Å². The van der Waals surface area contributed by atoms with E-state index in [0.29, 0.717) is 34.3 Å². The predicted molar refractivity (Wildman–Crippen MR) is 109 cm³/mol. The van der Waals surface area contributed by atoms with Crippen molar-refractivity contribution in [3.05, 3.63) is 90.5 Å². The van der Waals surface area contributed by atoms with Gasteiger partial charge in [0.15, 0.2) is 0 Å². The first-order valence-corrected chi connectivity index (χ1v) is 9.46. The summed E-state index contributed by atoms with van der Waals surface area (Å²) in [6, 6.07) is 12.1. The average molecular weight is 393 g/mol. The lowest BCUT2D eigenvalue weighted by Gasteiger charge is -2.26. The van der Waals surface area contributed by atoms with E-state index in [1.54, 1.807) is 24.3 Å². The summed E-state index contributed by atoms with van der Waals surface area (Å²) in [7, 11) is 0. The molecule has 1 atom stereocenters. The molecule has 0 fully saturated rings. The number of halogens is 2. The van der Waals surface area contributed by atoms with Crippen molar-refractivity contribution in [1.82, 2.24) is 14.8 Å². The van der Waals surface area contributed by atoms with E-state index in [9.17, 15) is 13.9 Å². The number of hydrogen-bond donors (Lipinski definition) is 1. The lowest BCUT2D eigenvalue weighted by Crippen LogP contribution is -2.24. The van der Waals surface area contributed by atoms with Crippen LogP contribution in [0.25, 0.3) is 22.2 Å². The lowest BCUT2D eigenvalue weighted by atomic mass is 9.99. The molecule has 1 aliphatic heterocycles. The van der Waals surface area contributed by atoms with Crippen LogP contribution in [0.4, 0.5) is 8.78 Å². The number of rotatable bonds is 5. The smallest absolute Gasteiger partial charge is 0.125 e. The van der Waals surface area contributed by atoms with E-state index >= 15 is 0 Å². The first-order chi connectivity index (χ1) is 14.0. The lowest BCUT2D eigenvalue weighted by molar-refractivity contribution is 0.151. The van der Waals surface area contributed by atoms with E-state index in [1.807, 2.05) is 34.6 Å². The van der Waals surface area contributed by atoms with Crippen molar-refractivity contribution >= 4 is 10.9 Å². The van der Waals surface area contributed by atoms with Gasteiger partial charge in [-0.1, -0.05) is 0 Å². The minimum atomic E-state index is -0.826. The molecule has 4 nitrogen and oxygen atoms in total. The monoisotopic (exact) mass is 393 g/mol. The van der Waals surface area contributed by atoms with Gasteiger partial charge in [0.1, 0.15) is 11.6 Å². The fourth-order valence-corrected chi connectivity index (χ4v) is 3.35. The van der Waals surface area contributed by atoms with Crippen LogP contribution in [0.15, 0.2) is 73.3 Å². The van der Waals surface area contributed by atoms with Crippen molar-refractivity contribution in [2.75, 3.05) is 13.1 Å². The number of β-amino-alcohol motifs (C(OH)–C–C–N with tert-alkyl or cyclic N) is 1. The zero-order valence-corrected chi connectivity index (χ0v) is 16.0. The number of aliphatic hydroxyl groups excluding tert-OH is 1. The number of aromatic nitrogens is 1. The summed E-state index contributed by atoms with van der Waals surface area (Å²) in [5.41, 5.74) is 2.35. The van der Waals surface area contributed by atoms with Crippen molar-refractivity contribution < 1.29 is 13.9 Å². The molecule has 0 radical (unpaired) electrons. The Morgan fingerprint density at radius 2 is 1.55 bits per heavy atom. The standard InChI is InChI=1S/C23H21F2N3O/c1-2-27-9-11-28(12-10-27)15-23(29)20-14-21(16-3-5-17(24)6-4-16)26-22-13-18(25)7-8-19(20)22/h3-14,23,29H,2,15H2,1H3. The van der Waals surface area contributed by atoms with Crippen LogP contribution in [0, 0.1) is 11.6 Å². The molecule has 0 saturated heterocycles. The summed E-state index contributed by atoms with van der Waals surface area (Å²) >= 11 is 0. The van der Waals surface area contributed by atoms with Crippen molar-refractivity contribution in [1.29, 1.82) is 0 Å². The second kappa shape index (κ2) is 8.01. The largest absolute Gasteiger partial charge is 0.387 e. The van der Waals surface area contributed by atoms with Crippen molar-refractivity contribution in [3.63, 3.8) is 0 Å². The second-order valence-electron chi connectivity index (χ2n) is 6.90. The molecule has 6 heteroatoms. The third kappa shape index (κ3) is 4.12. The minimum absolute atomic E-state index is 0.337. The van der Waals surface area contributed by atoms with Crippen molar-refractivity contribution in [2.45, 2.75) is 13.0 Å². The highest BCUT2D eigenvalue weighted by atomic mass is 19.1. The summed E-state index contributed by atoms with van der Waals surface area (Å²) in [6.07, 6.45) is 6.85. The van der Waals surface area contributed by atoms with E-state index in [-0.39, 0.29) is 5.82 Å². The molecule has 2 heterocycles. The van der Waals surface area contributed by atoms with Crippen LogP contribution >= 0.6 is 0 Å². The third-order valence-electron chi connectivity index (χ3n) is 4.95. The summed E-state index contributed by atoms with van der Waals surface area (Å²) in [6.45, 7) is 3.26. The van der Waals surface area contributed by atoms with E-state index in [0.717, 1.165) is 6.54 Å². The predicted octanol–water partition coefficient (Wildman–Crippen LogP) is 4.79. The van der Waals surface area contributed by atoms with E-state index in [1.165, 1.54) is 24.3 Å². The average Bonchev–Trinajstić information content (AvgIpc) is 2.73. The first kappa shape index (κ1) is 19.1. The van der Waals surface area contributed by atoms with E-state index in [4.69, 9.17) is 0 Å². The summed E-state index contributed by atoms with van der Waals surface area (Å²) < 4.78 is 27.1. The quantitative estimate of drug-likeness (QED) is 0.676. The fourth-order valence-electron chi connectivity index (χ4n) is 3.35. The van der Waals surface area contributed by atoms with Gasteiger partial charge in [0, 0.05) is 48.4 Å². The fraction of sp³-hybridized carbons (Fsp3) is 0.174. The molecule has 0 amide bonds. The Morgan fingerprint density at radius 1 is 0.897 bits per heavy atom. The van der Waals surface area contributed by atoms with Crippen molar-refractivity contribution in [3.8, 4) is 11.3 Å². The molecule has 3 aromatic rings. The first-order valence-electron chi connectivity index (χ1n) is 9.46. The topological polar surface area (TPSA) is 39.6 Å². The Hall–Kier alpha value is -3.25. The molecule has 1 N–H and O–H groups in total. The van der Waals surface area contributed by atoms with Crippen LogP contribution in [0.2, 0.25) is 0 Å². The van der Waals surface area contributed by atoms with E-state index in [2.05, 4.69) is 11.9 Å². The normalized spacial score (nSPS) is 14.6. The minimum Gasteiger partial charge on any atom is -0.387 e. The van der Waals surface area contributed by atoms with Crippen LogP contribution in [-0.2, 0) is 0 Å². The molecule has 0 aliphatic carbocycles. The SMILES string of the molecule is CCN1C=CN(CC(O)c2cc(-c3ccc(F)cc3)nc3cc(F)ccc23)C=C1. The number of benzene rings is 2. The van der Waals surface area contributed by atoms with Gasteiger partial charge in [-0.25, -0.2) is 13.8 Å². The van der Waals surface area contributed by atoms with Gasteiger partial charge in [-0.2, -0.15) is 0 Å². The maximum atomic E-state index is 13.8. The van der Waals surface area contributed by atoms with Crippen molar-refractivity contribution in [2.24, 2.45) is 0 Å². The second-order valence-corrected chi connectivity index (χ2v) is 6.90. The highest BCUT2D eigenvalue weighted by Gasteiger charge is 2.17. The number of aliphatic hydroxyl groups is 1. The zero-order chi connectivity index (χ0) is 20.4. The number of nitrogens with zero attached hydrogens (tertiary/aromatic N) is 3. The number of pyridine rings is 1. The van der Waals surface area contributed by atoms with Gasteiger partial charge in [0.05, 0.1) is 23.9 Å². The molecule has 1 aromatic heterocycles. The Morgan fingerprint density at radius 3 is 2.24 bits per heavy atom. The van der Waals surface area contributed by atoms with Gasteiger partial charge >= 0.3 is 0 Å². The Balaban J connectivity index is 1.72. The highest BCUT2D eigenvalue weighted by molar-refractivity contribution is 5.85. The molecule has 4 rings (SSSR count). The molecule has 0 spiro atoms. The van der Waals surface area contributed by atoms with Gasteiger partial charge in [0.25, 0.3) is 0 Å². The van der Waals surface area contributed by atoms with Crippen LogP contribution in [0.3, 0.4) is 0 Å². The summed E-state index contributed by atoms with van der Waals surface area (Å²) in [4.78, 5) is 8.45. The molecule has 29 heavy (non-hydrogen) atoms. The molecule has 0 saturated carbocycles. The van der Waals surface area contributed by atoms with Crippen LogP contribution < -0.4 is 0 Å². The summed E-state index contributed by atoms with van der Waals surface area (Å²) in [5, 5.41) is 11.7. The van der Waals surface area contributed by atoms with Gasteiger partial charge in [-0.3, -0.25) is 0 Å². The van der Waals surface area contributed by atoms with Gasteiger partial charge < -0.3 is 14.9 Å².